The van der Waals surface area contributed by atoms with Crippen molar-refractivity contribution in [1.82, 2.24) is 0 Å². The maximum Gasteiger partial charge on any atom is 0.417 e. The topological polar surface area (TPSA) is 29.1 Å². The molecule has 110 valence electrons. The van der Waals surface area contributed by atoms with Gasteiger partial charge in [-0.3, -0.25) is 4.79 Å². The first-order valence-corrected chi connectivity index (χ1v) is 6.89. The molecular formula is C14H8BrClF3NO. The zero-order valence-corrected chi connectivity index (χ0v) is 12.7. The predicted molar refractivity (Wildman–Crippen MR) is 78.5 cm³/mol. The molecule has 2 aromatic rings. The van der Waals surface area contributed by atoms with Crippen LogP contribution in [0.1, 0.15) is 15.9 Å². The van der Waals surface area contributed by atoms with E-state index in [1.165, 1.54) is 24.3 Å². The van der Waals surface area contributed by atoms with Crippen LogP contribution >= 0.6 is 27.5 Å². The molecule has 0 bridgehead atoms. The summed E-state index contributed by atoms with van der Waals surface area (Å²) in [5.74, 6) is -0.846. The Bertz CT molecular complexity index is 688. The number of halogens is 5. The number of benzene rings is 2. The van der Waals surface area contributed by atoms with Crippen molar-refractivity contribution >= 4 is 39.1 Å². The molecule has 0 saturated carbocycles. The number of alkyl halides is 3. The van der Waals surface area contributed by atoms with Crippen molar-refractivity contribution in [2.24, 2.45) is 0 Å². The van der Waals surface area contributed by atoms with Crippen molar-refractivity contribution in [3.05, 3.63) is 63.1 Å². The Labute approximate surface area is 132 Å². The molecule has 0 radical (unpaired) electrons. The van der Waals surface area contributed by atoms with Gasteiger partial charge < -0.3 is 5.32 Å². The minimum absolute atomic E-state index is 0.310. The predicted octanol–water partition coefficient (Wildman–Crippen LogP) is 5.37. The van der Waals surface area contributed by atoms with Gasteiger partial charge in [0.2, 0.25) is 0 Å². The van der Waals surface area contributed by atoms with E-state index in [9.17, 15) is 18.0 Å². The van der Waals surface area contributed by atoms with Crippen LogP contribution in [0, 0.1) is 0 Å². The third-order valence-corrected chi connectivity index (χ3v) is 3.89. The summed E-state index contributed by atoms with van der Waals surface area (Å²) in [5, 5.41) is 2.74. The number of hydrogen-bond acceptors (Lipinski definition) is 1. The highest BCUT2D eigenvalue weighted by molar-refractivity contribution is 9.10. The summed E-state index contributed by atoms with van der Waals surface area (Å²) in [5.41, 5.74) is -1.11. The van der Waals surface area contributed by atoms with Gasteiger partial charge in [0.25, 0.3) is 5.91 Å². The minimum Gasteiger partial charge on any atom is -0.322 e. The van der Waals surface area contributed by atoms with E-state index in [4.69, 9.17) is 11.6 Å². The fourth-order valence-electron chi connectivity index (χ4n) is 1.70. The van der Waals surface area contributed by atoms with Gasteiger partial charge in [-0.2, -0.15) is 13.2 Å². The van der Waals surface area contributed by atoms with Crippen LogP contribution < -0.4 is 5.32 Å². The number of carbonyl (C=O) groups is 1. The van der Waals surface area contributed by atoms with Crippen LogP contribution in [0.5, 0.6) is 0 Å². The highest BCUT2D eigenvalue weighted by Crippen LogP contribution is 2.32. The number of hydrogen-bond donors (Lipinski definition) is 1. The van der Waals surface area contributed by atoms with Gasteiger partial charge in [-0.25, -0.2) is 0 Å². The molecule has 0 unspecified atom stereocenters. The van der Waals surface area contributed by atoms with Gasteiger partial charge in [-0.05, 0) is 46.3 Å². The quantitative estimate of drug-likeness (QED) is 0.747. The minimum atomic E-state index is -4.59. The maximum absolute atomic E-state index is 12.9. The summed E-state index contributed by atoms with van der Waals surface area (Å²) in [6, 6.07) is 9.16. The van der Waals surface area contributed by atoms with Crippen molar-refractivity contribution in [2.45, 2.75) is 6.18 Å². The first kappa shape index (κ1) is 15.9. The number of rotatable bonds is 2. The second kappa shape index (κ2) is 6.07. The van der Waals surface area contributed by atoms with Crippen molar-refractivity contribution in [3.63, 3.8) is 0 Å². The SMILES string of the molecule is O=C(Nc1ccc(Br)c(Cl)c1)c1ccccc1C(F)(F)F. The largest absolute Gasteiger partial charge is 0.417 e. The van der Waals surface area contributed by atoms with Gasteiger partial charge in [0, 0.05) is 10.2 Å². The highest BCUT2D eigenvalue weighted by atomic mass is 79.9. The van der Waals surface area contributed by atoms with Crippen LogP contribution in [0.15, 0.2) is 46.9 Å². The molecule has 0 fully saturated rings. The van der Waals surface area contributed by atoms with Crippen LogP contribution in [0.25, 0.3) is 0 Å². The standard InChI is InChI=1S/C14H8BrClF3NO/c15-11-6-5-8(7-12(11)16)20-13(21)9-3-1-2-4-10(9)14(17,18)19/h1-7H,(H,20,21). The van der Waals surface area contributed by atoms with E-state index in [1.807, 2.05) is 0 Å². The lowest BCUT2D eigenvalue weighted by atomic mass is 10.1. The number of carbonyl (C=O) groups excluding carboxylic acids is 1. The average molecular weight is 379 g/mol. The molecule has 0 aliphatic heterocycles. The molecule has 0 spiro atoms. The molecule has 2 aromatic carbocycles. The first-order chi connectivity index (χ1) is 9.79. The van der Waals surface area contributed by atoms with Crippen LogP contribution in [0.3, 0.4) is 0 Å². The van der Waals surface area contributed by atoms with Crippen LogP contribution in [-0.4, -0.2) is 5.91 Å². The Morgan fingerprint density at radius 3 is 2.43 bits per heavy atom. The van der Waals surface area contributed by atoms with Gasteiger partial charge in [0.05, 0.1) is 16.1 Å². The Kier molecular flexibility index (Phi) is 4.58. The van der Waals surface area contributed by atoms with E-state index in [-0.39, 0.29) is 0 Å². The van der Waals surface area contributed by atoms with Gasteiger partial charge in [-0.1, -0.05) is 23.7 Å². The number of nitrogens with one attached hydrogen (secondary N) is 1. The summed E-state index contributed by atoms with van der Waals surface area (Å²) in [6.45, 7) is 0. The Balaban J connectivity index is 2.31. The molecule has 21 heavy (non-hydrogen) atoms. The maximum atomic E-state index is 12.9. The summed E-state index contributed by atoms with van der Waals surface area (Å²) >= 11 is 9.05. The van der Waals surface area contributed by atoms with E-state index in [2.05, 4.69) is 21.2 Å². The molecule has 0 saturated heterocycles. The smallest absolute Gasteiger partial charge is 0.322 e. The molecular weight excluding hydrogens is 371 g/mol. The molecule has 7 heteroatoms. The van der Waals surface area contributed by atoms with Gasteiger partial charge in [0.1, 0.15) is 0 Å². The molecule has 0 aliphatic rings. The van der Waals surface area contributed by atoms with Crippen LogP contribution in [-0.2, 0) is 6.18 Å². The highest BCUT2D eigenvalue weighted by Gasteiger charge is 2.34. The lowest BCUT2D eigenvalue weighted by molar-refractivity contribution is -0.137. The van der Waals surface area contributed by atoms with Crippen molar-refractivity contribution in [2.75, 3.05) is 5.32 Å². The zero-order chi connectivity index (χ0) is 15.6. The van der Waals surface area contributed by atoms with Crippen molar-refractivity contribution in [3.8, 4) is 0 Å². The van der Waals surface area contributed by atoms with E-state index < -0.39 is 23.2 Å². The molecule has 2 nitrogen and oxygen atoms in total. The van der Waals surface area contributed by atoms with Crippen molar-refractivity contribution < 1.29 is 18.0 Å². The summed E-state index contributed by atoms with van der Waals surface area (Å²) < 4.78 is 39.2. The van der Waals surface area contributed by atoms with Gasteiger partial charge in [-0.15, -0.1) is 0 Å². The van der Waals surface area contributed by atoms with E-state index in [0.717, 1.165) is 12.1 Å². The lowest BCUT2D eigenvalue weighted by Crippen LogP contribution is -2.18. The molecule has 0 atom stereocenters. The Hall–Kier alpha value is -1.53. The Morgan fingerprint density at radius 1 is 1.14 bits per heavy atom. The fourth-order valence-corrected chi connectivity index (χ4v) is 2.13. The second-order valence-electron chi connectivity index (χ2n) is 4.13. The third-order valence-electron chi connectivity index (χ3n) is 2.65. The molecule has 1 N–H and O–H groups in total. The van der Waals surface area contributed by atoms with Crippen molar-refractivity contribution in [1.29, 1.82) is 0 Å². The monoisotopic (exact) mass is 377 g/mol. The van der Waals surface area contributed by atoms with E-state index in [0.29, 0.717) is 15.2 Å². The molecule has 1 amide bonds. The molecule has 0 aromatic heterocycles. The normalized spacial score (nSPS) is 11.3. The lowest BCUT2D eigenvalue weighted by Gasteiger charge is -2.13. The molecule has 2 rings (SSSR count). The summed E-state index contributed by atoms with van der Waals surface area (Å²) in [6.07, 6.45) is -4.59. The van der Waals surface area contributed by atoms with Crippen LogP contribution in [0.4, 0.5) is 18.9 Å². The molecule has 0 heterocycles. The molecule has 0 aliphatic carbocycles. The average Bonchev–Trinajstić information content (AvgIpc) is 2.42. The second-order valence-corrected chi connectivity index (χ2v) is 5.39. The van der Waals surface area contributed by atoms with Gasteiger partial charge in [0.15, 0.2) is 0 Å². The summed E-state index contributed by atoms with van der Waals surface area (Å²) in [7, 11) is 0. The number of anilines is 1. The Morgan fingerprint density at radius 2 is 1.81 bits per heavy atom. The number of amides is 1. The van der Waals surface area contributed by atoms with E-state index >= 15 is 0 Å². The first-order valence-electron chi connectivity index (χ1n) is 5.71. The fraction of sp³-hybridized carbons (Fsp3) is 0.0714. The third kappa shape index (κ3) is 3.77. The summed E-state index contributed by atoms with van der Waals surface area (Å²) in [4.78, 5) is 12.0. The zero-order valence-electron chi connectivity index (χ0n) is 10.3. The van der Waals surface area contributed by atoms with Crippen LogP contribution in [0.2, 0.25) is 5.02 Å². The van der Waals surface area contributed by atoms with Gasteiger partial charge >= 0.3 is 6.18 Å². The van der Waals surface area contributed by atoms with E-state index in [1.54, 1.807) is 6.07 Å².